The normalized spacial score (nSPS) is 10.3. The zero-order valence-corrected chi connectivity index (χ0v) is 13.2. The molecule has 0 aliphatic carbocycles. The van der Waals surface area contributed by atoms with Gasteiger partial charge in [0.1, 0.15) is 5.75 Å². The van der Waals surface area contributed by atoms with Gasteiger partial charge in [-0.3, -0.25) is 0 Å². The summed E-state index contributed by atoms with van der Waals surface area (Å²) < 4.78 is 6.30. The van der Waals surface area contributed by atoms with Crippen molar-refractivity contribution in [1.82, 2.24) is 0 Å². The number of thioether (sulfide) groups is 1. The molecule has 0 radical (unpaired) electrons. The third kappa shape index (κ3) is 3.77. The minimum Gasteiger partial charge on any atom is -0.496 e. The highest BCUT2D eigenvalue weighted by atomic mass is 79.9. The molecule has 0 fully saturated rings. The second kappa shape index (κ2) is 6.81. The van der Waals surface area contributed by atoms with Crippen LogP contribution in [0.15, 0.2) is 51.8 Å². The number of ether oxygens (including phenoxy) is 1. The molecule has 0 amide bonds. The van der Waals surface area contributed by atoms with Crippen molar-refractivity contribution in [1.29, 1.82) is 0 Å². The van der Waals surface area contributed by atoms with Gasteiger partial charge in [-0.25, -0.2) is 4.79 Å². The Bertz CT molecular complexity index is 628. The van der Waals surface area contributed by atoms with Gasteiger partial charge in [0, 0.05) is 20.7 Å². The van der Waals surface area contributed by atoms with Crippen molar-refractivity contribution in [2.24, 2.45) is 0 Å². The fraction of sp³-hybridized carbons (Fsp3) is 0.133. The summed E-state index contributed by atoms with van der Waals surface area (Å²) >= 11 is 5.07. The SMILES string of the molecule is COc1ccc(C(=O)O)cc1CSc1cccc(Br)c1. The fourth-order valence-corrected chi connectivity index (χ4v) is 3.23. The van der Waals surface area contributed by atoms with Gasteiger partial charge >= 0.3 is 5.97 Å². The molecule has 5 heteroatoms. The average molecular weight is 353 g/mol. The topological polar surface area (TPSA) is 46.5 Å². The summed E-state index contributed by atoms with van der Waals surface area (Å²) in [5.41, 5.74) is 1.15. The van der Waals surface area contributed by atoms with Crippen LogP contribution in [0.4, 0.5) is 0 Å². The molecule has 0 saturated heterocycles. The number of hydrogen-bond acceptors (Lipinski definition) is 3. The number of methoxy groups -OCH3 is 1. The fourth-order valence-electron chi connectivity index (χ4n) is 1.74. The van der Waals surface area contributed by atoms with Crippen molar-refractivity contribution in [2.45, 2.75) is 10.6 Å². The van der Waals surface area contributed by atoms with E-state index in [-0.39, 0.29) is 5.56 Å². The van der Waals surface area contributed by atoms with E-state index < -0.39 is 5.97 Å². The van der Waals surface area contributed by atoms with Gasteiger partial charge in [-0.2, -0.15) is 0 Å². The molecule has 2 aromatic carbocycles. The molecule has 0 saturated carbocycles. The Morgan fingerprint density at radius 1 is 1.30 bits per heavy atom. The number of rotatable bonds is 5. The minimum absolute atomic E-state index is 0.274. The van der Waals surface area contributed by atoms with Crippen LogP contribution in [0, 0.1) is 0 Å². The van der Waals surface area contributed by atoms with Gasteiger partial charge in [0.05, 0.1) is 12.7 Å². The van der Waals surface area contributed by atoms with Crippen LogP contribution in [0.25, 0.3) is 0 Å². The molecule has 1 N–H and O–H groups in total. The molecular formula is C15H13BrO3S. The average Bonchev–Trinajstić information content (AvgIpc) is 2.44. The molecule has 2 aromatic rings. The molecule has 0 atom stereocenters. The molecule has 0 aliphatic rings. The largest absolute Gasteiger partial charge is 0.496 e. The lowest BCUT2D eigenvalue weighted by Crippen LogP contribution is -1.99. The van der Waals surface area contributed by atoms with E-state index in [0.29, 0.717) is 11.5 Å². The van der Waals surface area contributed by atoms with Crippen molar-refractivity contribution in [3.8, 4) is 5.75 Å². The summed E-state index contributed by atoms with van der Waals surface area (Å²) in [4.78, 5) is 12.1. The van der Waals surface area contributed by atoms with Crippen LogP contribution in [0.3, 0.4) is 0 Å². The maximum absolute atomic E-state index is 11.0. The molecule has 0 spiro atoms. The van der Waals surface area contributed by atoms with E-state index in [9.17, 15) is 4.79 Å². The highest BCUT2D eigenvalue weighted by Gasteiger charge is 2.09. The lowest BCUT2D eigenvalue weighted by atomic mass is 10.1. The molecule has 3 nitrogen and oxygen atoms in total. The summed E-state index contributed by atoms with van der Waals surface area (Å²) in [6.45, 7) is 0. The van der Waals surface area contributed by atoms with Crippen LogP contribution in [-0.4, -0.2) is 18.2 Å². The third-order valence-corrected chi connectivity index (χ3v) is 4.25. The number of benzene rings is 2. The van der Waals surface area contributed by atoms with Crippen LogP contribution >= 0.6 is 27.7 Å². The summed E-state index contributed by atoms with van der Waals surface area (Å²) in [5.74, 6) is 0.430. The summed E-state index contributed by atoms with van der Waals surface area (Å²) in [5, 5.41) is 9.04. The Balaban J connectivity index is 2.19. The van der Waals surface area contributed by atoms with Gasteiger partial charge in [0.25, 0.3) is 0 Å². The van der Waals surface area contributed by atoms with Gasteiger partial charge in [0.15, 0.2) is 0 Å². The van der Waals surface area contributed by atoms with Crippen LogP contribution in [0.1, 0.15) is 15.9 Å². The van der Waals surface area contributed by atoms with Crippen LogP contribution in [0.2, 0.25) is 0 Å². The molecule has 104 valence electrons. The van der Waals surface area contributed by atoms with E-state index in [2.05, 4.69) is 15.9 Å². The van der Waals surface area contributed by atoms with Gasteiger partial charge < -0.3 is 9.84 Å². The first-order chi connectivity index (χ1) is 9.60. The molecular weight excluding hydrogens is 340 g/mol. The summed E-state index contributed by atoms with van der Waals surface area (Å²) in [6.07, 6.45) is 0. The number of hydrogen-bond donors (Lipinski definition) is 1. The molecule has 0 heterocycles. The Kier molecular flexibility index (Phi) is 5.09. The lowest BCUT2D eigenvalue weighted by molar-refractivity contribution is 0.0696. The van der Waals surface area contributed by atoms with Crippen molar-refractivity contribution in [2.75, 3.05) is 7.11 Å². The Labute approximate surface area is 130 Å². The van der Waals surface area contributed by atoms with Crippen LogP contribution in [-0.2, 0) is 5.75 Å². The first-order valence-corrected chi connectivity index (χ1v) is 7.66. The maximum atomic E-state index is 11.0. The van der Waals surface area contributed by atoms with Crippen molar-refractivity contribution < 1.29 is 14.6 Å². The van der Waals surface area contributed by atoms with Crippen molar-refractivity contribution in [3.05, 3.63) is 58.1 Å². The standard InChI is InChI=1S/C15H13BrO3S/c1-19-14-6-5-10(15(17)18)7-11(14)9-20-13-4-2-3-12(16)8-13/h2-8H,9H2,1H3,(H,17,18). The van der Waals surface area contributed by atoms with Gasteiger partial charge in [0.2, 0.25) is 0 Å². The quantitative estimate of drug-likeness (QED) is 0.807. The predicted octanol–water partition coefficient (Wildman–Crippen LogP) is 4.45. The predicted molar refractivity (Wildman–Crippen MR) is 83.7 cm³/mol. The third-order valence-electron chi connectivity index (χ3n) is 2.72. The molecule has 20 heavy (non-hydrogen) atoms. The van der Waals surface area contributed by atoms with Gasteiger partial charge in [-0.1, -0.05) is 22.0 Å². The first-order valence-electron chi connectivity index (χ1n) is 5.88. The molecule has 0 aliphatic heterocycles. The van der Waals surface area contributed by atoms with E-state index in [1.54, 1.807) is 37.1 Å². The van der Waals surface area contributed by atoms with E-state index in [0.717, 1.165) is 14.9 Å². The van der Waals surface area contributed by atoms with E-state index >= 15 is 0 Å². The van der Waals surface area contributed by atoms with Gasteiger partial charge in [-0.15, -0.1) is 11.8 Å². The number of carbonyl (C=O) groups is 1. The monoisotopic (exact) mass is 352 g/mol. The Morgan fingerprint density at radius 2 is 2.10 bits per heavy atom. The molecule has 0 unspecified atom stereocenters. The highest BCUT2D eigenvalue weighted by Crippen LogP contribution is 2.30. The highest BCUT2D eigenvalue weighted by molar-refractivity contribution is 9.10. The number of aromatic carboxylic acids is 1. The number of carboxylic acids is 1. The molecule has 0 aromatic heterocycles. The molecule has 2 rings (SSSR count). The van der Waals surface area contributed by atoms with E-state index in [1.165, 1.54) is 0 Å². The van der Waals surface area contributed by atoms with E-state index in [1.807, 2.05) is 24.3 Å². The maximum Gasteiger partial charge on any atom is 0.335 e. The second-order valence-electron chi connectivity index (χ2n) is 4.08. The van der Waals surface area contributed by atoms with Crippen molar-refractivity contribution >= 4 is 33.7 Å². The zero-order valence-electron chi connectivity index (χ0n) is 10.8. The van der Waals surface area contributed by atoms with E-state index in [4.69, 9.17) is 9.84 Å². The zero-order chi connectivity index (χ0) is 14.5. The first kappa shape index (κ1) is 14.9. The van der Waals surface area contributed by atoms with Crippen LogP contribution < -0.4 is 4.74 Å². The second-order valence-corrected chi connectivity index (χ2v) is 6.04. The number of halogens is 1. The summed E-state index contributed by atoms with van der Waals surface area (Å²) in [7, 11) is 1.59. The van der Waals surface area contributed by atoms with Crippen LogP contribution in [0.5, 0.6) is 5.75 Å². The van der Waals surface area contributed by atoms with Gasteiger partial charge in [-0.05, 0) is 36.4 Å². The Morgan fingerprint density at radius 3 is 2.75 bits per heavy atom. The Hall–Kier alpha value is -1.46. The number of carboxylic acid groups (broad SMARTS) is 1. The lowest BCUT2D eigenvalue weighted by Gasteiger charge is -2.09. The summed E-state index contributed by atoms with van der Waals surface area (Å²) in [6, 6.07) is 12.9. The minimum atomic E-state index is -0.929. The smallest absolute Gasteiger partial charge is 0.335 e. The van der Waals surface area contributed by atoms with Crippen molar-refractivity contribution in [3.63, 3.8) is 0 Å². The molecule has 0 bridgehead atoms.